The maximum atomic E-state index is 11.6. The Kier molecular flexibility index (Phi) is 6.36. The van der Waals surface area contributed by atoms with E-state index in [1.165, 1.54) is 6.26 Å². The van der Waals surface area contributed by atoms with Gasteiger partial charge in [-0.1, -0.05) is 26.0 Å². The molecule has 1 rings (SSSR count). The SMILES string of the molecule is CC(C)CNC(=O)CNC(C)c1ccc(S(C)(=O)=O)cc1. The summed E-state index contributed by atoms with van der Waals surface area (Å²) in [5.74, 6) is 0.387. The van der Waals surface area contributed by atoms with Crippen LogP contribution in [0.15, 0.2) is 29.2 Å². The van der Waals surface area contributed by atoms with Crippen LogP contribution in [0.3, 0.4) is 0 Å². The van der Waals surface area contributed by atoms with Gasteiger partial charge in [-0.3, -0.25) is 4.79 Å². The van der Waals surface area contributed by atoms with Crippen LogP contribution in [0.1, 0.15) is 32.4 Å². The quantitative estimate of drug-likeness (QED) is 0.800. The predicted molar refractivity (Wildman–Crippen MR) is 83.8 cm³/mol. The zero-order chi connectivity index (χ0) is 16.0. The number of hydrogen-bond acceptors (Lipinski definition) is 4. The number of benzene rings is 1. The molecule has 21 heavy (non-hydrogen) atoms. The summed E-state index contributed by atoms with van der Waals surface area (Å²) in [6.07, 6.45) is 1.18. The molecule has 0 saturated heterocycles. The molecule has 0 aromatic heterocycles. The van der Waals surface area contributed by atoms with Crippen molar-refractivity contribution < 1.29 is 13.2 Å². The summed E-state index contributed by atoms with van der Waals surface area (Å²) in [4.78, 5) is 11.9. The number of sulfone groups is 1. The van der Waals surface area contributed by atoms with Gasteiger partial charge >= 0.3 is 0 Å². The lowest BCUT2D eigenvalue weighted by Crippen LogP contribution is -2.36. The van der Waals surface area contributed by atoms with Crippen LogP contribution in [0.5, 0.6) is 0 Å². The van der Waals surface area contributed by atoms with Crippen LogP contribution in [0.2, 0.25) is 0 Å². The molecular formula is C15H24N2O3S. The highest BCUT2D eigenvalue weighted by atomic mass is 32.2. The Labute approximate surface area is 127 Å². The van der Waals surface area contributed by atoms with Gasteiger partial charge in [-0.15, -0.1) is 0 Å². The van der Waals surface area contributed by atoms with E-state index in [-0.39, 0.29) is 18.5 Å². The fourth-order valence-corrected chi connectivity index (χ4v) is 2.38. The van der Waals surface area contributed by atoms with Gasteiger partial charge in [0.2, 0.25) is 5.91 Å². The highest BCUT2D eigenvalue weighted by Gasteiger charge is 2.10. The molecule has 0 spiro atoms. The molecular weight excluding hydrogens is 288 g/mol. The van der Waals surface area contributed by atoms with E-state index in [9.17, 15) is 13.2 Å². The molecule has 118 valence electrons. The van der Waals surface area contributed by atoms with Crippen LogP contribution in [-0.4, -0.2) is 33.7 Å². The van der Waals surface area contributed by atoms with Crippen LogP contribution in [0, 0.1) is 5.92 Å². The van der Waals surface area contributed by atoms with E-state index in [4.69, 9.17) is 0 Å². The maximum Gasteiger partial charge on any atom is 0.233 e. The molecule has 0 aliphatic heterocycles. The Morgan fingerprint density at radius 1 is 1.14 bits per heavy atom. The molecule has 0 aliphatic carbocycles. The molecule has 6 heteroatoms. The first-order valence-electron chi connectivity index (χ1n) is 7.00. The summed E-state index contributed by atoms with van der Waals surface area (Å²) in [6.45, 7) is 6.92. The minimum absolute atomic E-state index is 0.0246. The van der Waals surface area contributed by atoms with Gasteiger partial charge in [0, 0.05) is 18.8 Å². The molecule has 0 aliphatic rings. The summed E-state index contributed by atoms with van der Waals surface area (Å²) >= 11 is 0. The van der Waals surface area contributed by atoms with E-state index in [1.54, 1.807) is 24.3 Å². The first-order valence-corrected chi connectivity index (χ1v) is 8.89. The van der Waals surface area contributed by atoms with Crippen molar-refractivity contribution in [2.45, 2.75) is 31.7 Å². The molecule has 0 fully saturated rings. The Hall–Kier alpha value is -1.40. The minimum Gasteiger partial charge on any atom is -0.355 e. The average Bonchev–Trinajstić information content (AvgIpc) is 2.41. The van der Waals surface area contributed by atoms with Crippen molar-refractivity contribution >= 4 is 15.7 Å². The summed E-state index contributed by atoms with van der Waals surface area (Å²) in [6, 6.07) is 6.67. The molecule has 0 radical (unpaired) electrons. The van der Waals surface area contributed by atoms with Gasteiger partial charge in [0.05, 0.1) is 11.4 Å². The highest BCUT2D eigenvalue weighted by Crippen LogP contribution is 2.15. The lowest BCUT2D eigenvalue weighted by atomic mass is 10.1. The van der Waals surface area contributed by atoms with E-state index in [0.717, 1.165) is 5.56 Å². The van der Waals surface area contributed by atoms with Crippen molar-refractivity contribution in [1.82, 2.24) is 10.6 Å². The number of amides is 1. The molecule has 0 saturated carbocycles. The zero-order valence-corrected chi connectivity index (χ0v) is 13.8. The summed E-state index contributed by atoms with van der Waals surface area (Å²) < 4.78 is 22.8. The Morgan fingerprint density at radius 3 is 2.19 bits per heavy atom. The fraction of sp³-hybridized carbons (Fsp3) is 0.533. The second-order valence-electron chi connectivity index (χ2n) is 5.64. The van der Waals surface area contributed by atoms with Gasteiger partial charge in [-0.25, -0.2) is 8.42 Å². The topological polar surface area (TPSA) is 75.3 Å². The molecule has 0 heterocycles. The molecule has 1 unspecified atom stereocenters. The number of hydrogen-bond donors (Lipinski definition) is 2. The maximum absolute atomic E-state index is 11.6. The lowest BCUT2D eigenvalue weighted by molar-refractivity contribution is -0.120. The van der Waals surface area contributed by atoms with Gasteiger partial charge in [-0.05, 0) is 30.5 Å². The van der Waals surface area contributed by atoms with Crippen LogP contribution in [-0.2, 0) is 14.6 Å². The Balaban J connectivity index is 2.52. The van der Waals surface area contributed by atoms with Gasteiger partial charge < -0.3 is 10.6 Å². The van der Waals surface area contributed by atoms with E-state index >= 15 is 0 Å². The van der Waals surface area contributed by atoms with E-state index < -0.39 is 9.84 Å². The molecule has 1 aromatic rings. The van der Waals surface area contributed by atoms with Crippen molar-refractivity contribution in [1.29, 1.82) is 0 Å². The molecule has 5 nitrogen and oxygen atoms in total. The third kappa shape index (κ3) is 6.27. The predicted octanol–water partition coefficient (Wildman–Crippen LogP) is 1.51. The molecule has 1 aromatic carbocycles. The van der Waals surface area contributed by atoms with E-state index in [2.05, 4.69) is 10.6 Å². The normalized spacial score (nSPS) is 13.2. The van der Waals surface area contributed by atoms with Gasteiger partial charge in [0.1, 0.15) is 0 Å². The lowest BCUT2D eigenvalue weighted by Gasteiger charge is -2.15. The summed E-state index contributed by atoms with van der Waals surface area (Å²) in [5.41, 5.74) is 0.944. The van der Waals surface area contributed by atoms with Crippen LogP contribution >= 0.6 is 0 Å². The van der Waals surface area contributed by atoms with E-state index in [1.807, 2.05) is 20.8 Å². The van der Waals surface area contributed by atoms with Crippen molar-refractivity contribution in [3.05, 3.63) is 29.8 Å². The Morgan fingerprint density at radius 2 is 1.71 bits per heavy atom. The van der Waals surface area contributed by atoms with Crippen LogP contribution in [0.25, 0.3) is 0 Å². The summed E-state index contributed by atoms with van der Waals surface area (Å²) in [7, 11) is -3.17. The smallest absolute Gasteiger partial charge is 0.233 e. The third-order valence-electron chi connectivity index (χ3n) is 3.08. The molecule has 2 N–H and O–H groups in total. The second kappa shape index (κ2) is 7.56. The van der Waals surface area contributed by atoms with Crippen molar-refractivity contribution in [2.24, 2.45) is 5.92 Å². The van der Waals surface area contributed by atoms with Gasteiger partial charge in [0.15, 0.2) is 9.84 Å². The van der Waals surface area contributed by atoms with Crippen molar-refractivity contribution in [3.8, 4) is 0 Å². The number of nitrogens with one attached hydrogen (secondary N) is 2. The standard InChI is InChI=1S/C15H24N2O3S/c1-11(2)9-17-15(18)10-16-12(3)13-5-7-14(8-6-13)21(4,19)20/h5-8,11-12,16H,9-10H2,1-4H3,(H,17,18). The van der Waals surface area contributed by atoms with Crippen molar-refractivity contribution in [2.75, 3.05) is 19.3 Å². The molecule has 1 amide bonds. The zero-order valence-electron chi connectivity index (χ0n) is 13.0. The third-order valence-corrected chi connectivity index (χ3v) is 4.21. The summed E-state index contributed by atoms with van der Waals surface area (Å²) in [5, 5.41) is 5.96. The van der Waals surface area contributed by atoms with Crippen LogP contribution in [0.4, 0.5) is 0 Å². The van der Waals surface area contributed by atoms with Crippen molar-refractivity contribution in [3.63, 3.8) is 0 Å². The van der Waals surface area contributed by atoms with E-state index in [0.29, 0.717) is 17.4 Å². The molecule has 0 bridgehead atoms. The highest BCUT2D eigenvalue weighted by molar-refractivity contribution is 7.90. The Bertz CT molecular complexity index is 565. The minimum atomic E-state index is -3.17. The first kappa shape index (κ1) is 17.7. The monoisotopic (exact) mass is 312 g/mol. The first-order chi connectivity index (χ1) is 9.70. The number of rotatable bonds is 7. The number of carbonyl (C=O) groups excluding carboxylic acids is 1. The fourth-order valence-electron chi connectivity index (χ4n) is 1.75. The molecule has 1 atom stereocenters. The number of carbonyl (C=O) groups is 1. The second-order valence-corrected chi connectivity index (χ2v) is 7.66. The van der Waals surface area contributed by atoms with Gasteiger partial charge in [-0.2, -0.15) is 0 Å². The van der Waals surface area contributed by atoms with Crippen LogP contribution < -0.4 is 10.6 Å². The van der Waals surface area contributed by atoms with Gasteiger partial charge in [0.25, 0.3) is 0 Å². The largest absolute Gasteiger partial charge is 0.355 e. The average molecular weight is 312 g/mol.